The molecule has 0 aliphatic carbocycles. The van der Waals surface area contributed by atoms with Crippen LogP contribution in [0.1, 0.15) is 58.4 Å². The van der Waals surface area contributed by atoms with E-state index in [2.05, 4.69) is 0 Å². The van der Waals surface area contributed by atoms with Crippen LogP contribution in [0.5, 0.6) is 5.75 Å². The molecule has 0 aliphatic heterocycles. The number of halogens is 1. The van der Waals surface area contributed by atoms with Crippen LogP contribution in [0.15, 0.2) is 18.2 Å². The van der Waals surface area contributed by atoms with E-state index in [4.69, 9.17) is 4.74 Å². The van der Waals surface area contributed by atoms with Crippen LogP contribution in [0.2, 0.25) is 0 Å². The molecule has 21 heavy (non-hydrogen) atoms. The summed E-state index contributed by atoms with van der Waals surface area (Å²) in [6.07, 6.45) is 5.22. The van der Waals surface area contributed by atoms with Crippen molar-refractivity contribution in [3.8, 4) is 5.75 Å². The van der Waals surface area contributed by atoms with Gasteiger partial charge in [-0.1, -0.05) is 33.3 Å². The highest BCUT2D eigenvalue weighted by atomic mass is 19.1. The van der Waals surface area contributed by atoms with Gasteiger partial charge < -0.3 is 4.74 Å². The van der Waals surface area contributed by atoms with Crippen LogP contribution >= 0.6 is 0 Å². The number of benzene rings is 1. The Morgan fingerprint density at radius 1 is 1.24 bits per heavy atom. The minimum atomic E-state index is -0.298. The van der Waals surface area contributed by atoms with Crippen molar-refractivity contribution in [1.29, 1.82) is 0 Å². The SMILES string of the molecule is CCC(=O)CCCCCc1ccc(F)c(OCC(C)C)c1. The number of carbonyl (C=O) groups excluding carboxylic acids is 1. The molecule has 2 nitrogen and oxygen atoms in total. The van der Waals surface area contributed by atoms with E-state index in [-0.39, 0.29) is 5.82 Å². The minimum absolute atomic E-state index is 0.298. The number of rotatable bonds is 10. The van der Waals surface area contributed by atoms with Crippen LogP contribution in [0.25, 0.3) is 0 Å². The van der Waals surface area contributed by atoms with Crippen molar-refractivity contribution in [3.63, 3.8) is 0 Å². The molecule has 1 aromatic carbocycles. The molecule has 0 fully saturated rings. The zero-order valence-electron chi connectivity index (χ0n) is 13.5. The molecule has 0 bridgehead atoms. The lowest BCUT2D eigenvalue weighted by Crippen LogP contribution is -2.06. The number of aryl methyl sites for hydroxylation is 1. The molecule has 118 valence electrons. The molecular weight excluding hydrogens is 267 g/mol. The van der Waals surface area contributed by atoms with E-state index in [1.807, 2.05) is 26.8 Å². The number of carbonyl (C=O) groups is 1. The summed E-state index contributed by atoms with van der Waals surface area (Å²) in [6, 6.07) is 5.09. The third-order valence-corrected chi connectivity index (χ3v) is 3.38. The fraction of sp³-hybridized carbons (Fsp3) is 0.611. The third-order valence-electron chi connectivity index (χ3n) is 3.38. The summed E-state index contributed by atoms with van der Waals surface area (Å²) in [5.41, 5.74) is 1.09. The van der Waals surface area contributed by atoms with Crippen LogP contribution in [0.4, 0.5) is 4.39 Å². The predicted molar refractivity (Wildman–Crippen MR) is 84.2 cm³/mol. The topological polar surface area (TPSA) is 26.3 Å². The first-order valence-electron chi connectivity index (χ1n) is 7.95. The number of Topliss-reactive ketones (excluding diaryl/α,β-unsaturated/α-hetero) is 1. The summed E-state index contributed by atoms with van der Waals surface area (Å²) in [5, 5.41) is 0. The fourth-order valence-electron chi connectivity index (χ4n) is 2.08. The summed E-state index contributed by atoms with van der Waals surface area (Å²) in [4.78, 5) is 11.2. The van der Waals surface area contributed by atoms with Gasteiger partial charge in [0.1, 0.15) is 5.78 Å². The molecule has 0 spiro atoms. The number of hydrogen-bond donors (Lipinski definition) is 0. The molecular formula is C18H27FO2. The van der Waals surface area contributed by atoms with E-state index < -0.39 is 0 Å². The smallest absolute Gasteiger partial charge is 0.165 e. The summed E-state index contributed by atoms with van der Waals surface area (Å²) < 4.78 is 19.1. The second-order valence-electron chi connectivity index (χ2n) is 5.92. The third kappa shape index (κ3) is 7.26. The van der Waals surface area contributed by atoms with Crippen LogP contribution in [-0.4, -0.2) is 12.4 Å². The Morgan fingerprint density at radius 2 is 2.00 bits per heavy atom. The zero-order valence-corrected chi connectivity index (χ0v) is 13.5. The fourth-order valence-corrected chi connectivity index (χ4v) is 2.08. The summed E-state index contributed by atoms with van der Waals surface area (Å²) >= 11 is 0. The van der Waals surface area contributed by atoms with E-state index >= 15 is 0 Å². The molecule has 0 heterocycles. The first kappa shape index (κ1) is 17.7. The van der Waals surface area contributed by atoms with E-state index in [0.717, 1.165) is 31.2 Å². The summed E-state index contributed by atoms with van der Waals surface area (Å²) in [6.45, 7) is 6.51. The van der Waals surface area contributed by atoms with Gasteiger partial charge >= 0.3 is 0 Å². The molecule has 0 radical (unpaired) electrons. The molecule has 0 N–H and O–H groups in total. The highest BCUT2D eigenvalue weighted by Crippen LogP contribution is 2.21. The van der Waals surface area contributed by atoms with Gasteiger partial charge in [-0.05, 0) is 42.9 Å². The van der Waals surface area contributed by atoms with Crippen molar-refractivity contribution >= 4 is 5.78 Å². The van der Waals surface area contributed by atoms with Gasteiger partial charge in [0.15, 0.2) is 11.6 Å². The molecule has 0 saturated carbocycles. The average molecular weight is 294 g/mol. The minimum Gasteiger partial charge on any atom is -0.490 e. The van der Waals surface area contributed by atoms with Gasteiger partial charge in [-0.25, -0.2) is 4.39 Å². The standard InChI is InChI=1S/C18H27FO2/c1-4-16(20)9-7-5-6-8-15-10-11-17(19)18(12-15)21-13-14(2)3/h10-12,14H,4-9,13H2,1-3H3. The monoisotopic (exact) mass is 294 g/mol. The molecule has 1 aromatic rings. The van der Waals surface area contributed by atoms with E-state index in [0.29, 0.717) is 36.9 Å². The Balaban J connectivity index is 2.38. The van der Waals surface area contributed by atoms with Gasteiger partial charge in [0.2, 0.25) is 0 Å². The highest BCUT2D eigenvalue weighted by molar-refractivity contribution is 5.77. The second-order valence-corrected chi connectivity index (χ2v) is 5.92. The molecule has 0 aromatic heterocycles. The number of unbranched alkanes of at least 4 members (excludes halogenated alkanes) is 2. The van der Waals surface area contributed by atoms with Gasteiger partial charge in [0.25, 0.3) is 0 Å². The van der Waals surface area contributed by atoms with Gasteiger partial charge in [0.05, 0.1) is 6.61 Å². The van der Waals surface area contributed by atoms with E-state index in [1.165, 1.54) is 6.07 Å². The number of ether oxygens (including phenoxy) is 1. The molecule has 3 heteroatoms. The van der Waals surface area contributed by atoms with Gasteiger partial charge in [-0.3, -0.25) is 4.79 Å². The van der Waals surface area contributed by atoms with Crippen LogP contribution in [-0.2, 0) is 11.2 Å². The molecule has 0 aliphatic rings. The first-order valence-corrected chi connectivity index (χ1v) is 7.95. The molecule has 1 rings (SSSR count). The maximum atomic E-state index is 13.6. The maximum absolute atomic E-state index is 13.6. The van der Waals surface area contributed by atoms with E-state index in [1.54, 1.807) is 6.07 Å². The predicted octanol–water partition coefficient (Wildman–Crippen LogP) is 4.94. The Hall–Kier alpha value is -1.38. The molecule has 0 amide bonds. The van der Waals surface area contributed by atoms with Crippen molar-refractivity contribution in [2.75, 3.05) is 6.61 Å². The lowest BCUT2D eigenvalue weighted by molar-refractivity contribution is -0.118. The Labute approximate surface area is 127 Å². The van der Waals surface area contributed by atoms with Crippen molar-refractivity contribution in [2.45, 2.75) is 59.3 Å². The largest absolute Gasteiger partial charge is 0.490 e. The Bertz CT molecular complexity index is 441. The summed E-state index contributed by atoms with van der Waals surface area (Å²) in [5.74, 6) is 0.764. The molecule has 0 unspecified atom stereocenters. The second kappa shape index (κ2) is 9.54. The van der Waals surface area contributed by atoms with Crippen molar-refractivity contribution in [1.82, 2.24) is 0 Å². The Morgan fingerprint density at radius 3 is 2.67 bits per heavy atom. The van der Waals surface area contributed by atoms with Crippen LogP contribution < -0.4 is 4.74 Å². The lowest BCUT2D eigenvalue weighted by atomic mass is 10.0. The normalized spacial score (nSPS) is 10.9. The average Bonchev–Trinajstić information content (AvgIpc) is 2.46. The Kier molecular flexibility index (Phi) is 8.03. The summed E-state index contributed by atoms with van der Waals surface area (Å²) in [7, 11) is 0. The number of hydrogen-bond acceptors (Lipinski definition) is 2. The van der Waals surface area contributed by atoms with Gasteiger partial charge in [-0.2, -0.15) is 0 Å². The lowest BCUT2D eigenvalue weighted by Gasteiger charge is -2.11. The van der Waals surface area contributed by atoms with Crippen molar-refractivity contribution in [3.05, 3.63) is 29.6 Å². The zero-order chi connectivity index (χ0) is 15.7. The quantitative estimate of drug-likeness (QED) is 0.571. The van der Waals surface area contributed by atoms with E-state index in [9.17, 15) is 9.18 Å². The molecule has 0 saturated heterocycles. The van der Waals surface area contributed by atoms with Crippen molar-refractivity contribution in [2.24, 2.45) is 5.92 Å². The van der Waals surface area contributed by atoms with Crippen LogP contribution in [0, 0.1) is 11.7 Å². The van der Waals surface area contributed by atoms with Crippen LogP contribution in [0.3, 0.4) is 0 Å². The maximum Gasteiger partial charge on any atom is 0.165 e. The van der Waals surface area contributed by atoms with Gasteiger partial charge in [-0.15, -0.1) is 0 Å². The first-order chi connectivity index (χ1) is 10.0. The van der Waals surface area contributed by atoms with Crippen molar-refractivity contribution < 1.29 is 13.9 Å². The molecule has 0 atom stereocenters. The number of ketones is 1. The highest BCUT2D eigenvalue weighted by Gasteiger charge is 2.06. The van der Waals surface area contributed by atoms with Gasteiger partial charge in [0, 0.05) is 12.8 Å².